The molecule has 1 N–H and O–H groups in total. The zero-order chi connectivity index (χ0) is 10.4. The van der Waals surface area contributed by atoms with Crippen LogP contribution in [-0.4, -0.2) is 16.1 Å². The summed E-state index contributed by atoms with van der Waals surface area (Å²) >= 11 is 0. The van der Waals surface area contributed by atoms with Crippen molar-refractivity contribution in [2.75, 3.05) is 11.9 Å². The minimum Gasteiger partial charge on any atom is -0.356 e. The molecule has 0 saturated heterocycles. The first kappa shape index (κ1) is 8.77. The summed E-state index contributed by atoms with van der Waals surface area (Å²) in [6, 6.07) is 4.36. The van der Waals surface area contributed by atoms with Gasteiger partial charge in [0.1, 0.15) is 0 Å². The van der Waals surface area contributed by atoms with Gasteiger partial charge in [-0.3, -0.25) is 0 Å². The monoisotopic (exact) mass is 201 g/mol. The molecule has 3 rings (SSSR count). The number of anilines is 1. The third-order valence-electron chi connectivity index (χ3n) is 3.29. The molecule has 0 spiro atoms. The molecule has 15 heavy (non-hydrogen) atoms. The molecule has 0 bridgehead atoms. The van der Waals surface area contributed by atoms with Gasteiger partial charge in [0, 0.05) is 13.1 Å². The standard InChI is InChI=1S/C12H15N3/c1-8-4-5-10-11(9(8)2)14-12-13-6-3-7-15(10)12/h4-5H,3,6-7H2,1-2H3,(H,13,14). The number of aryl methyl sites for hydroxylation is 3. The second-order valence-electron chi connectivity index (χ2n) is 4.24. The number of benzene rings is 1. The molecule has 1 aliphatic rings. The number of aromatic nitrogens is 2. The van der Waals surface area contributed by atoms with Gasteiger partial charge in [-0.25, -0.2) is 4.98 Å². The fourth-order valence-corrected chi connectivity index (χ4v) is 2.22. The first-order valence-electron chi connectivity index (χ1n) is 5.47. The first-order chi connectivity index (χ1) is 7.27. The van der Waals surface area contributed by atoms with Gasteiger partial charge >= 0.3 is 0 Å². The first-order valence-corrected chi connectivity index (χ1v) is 5.47. The lowest BCUT2D eigenvalue weighted by atomic mass is 10.1. The van der Waals surface area contributed by atoms with Crippen LogP contribution in [0, 0.1) is 13.8 Å². The molecule has 2 aromatic rings. The van der Waals surface area contributed by atoms with E-state index in [0.29, 0.717) is 0 Å². The Hall–Kier alpha value is -1.51. The Bertz CT molecular complexity index is 525. The topological polar surface area (TPSA) is 29.9 Å². The van der Waals surface area contributed by atoms with Crippen molar-refractivity contribution >= 4 is 17.0 Å². The number of hydrogen-bond acceptors (Lipinski definition) is 2. The third kappa shape index (κ3) is 1.16. The van der Waals surface area contributed by atoms with Crippen LogP contribution in [-0.2, 0) is 6.54 Å². The van der Waals surface area contributed by atoms with Crippen LogP contribution in [0.4, 0.5) is 5.95 Å². The predicted octanol–water partition coefficient (Wildman–Crippen LogP) is 2.47. The summed E-state index contributed by atoms with van der Waals surface area (Å²) in [5.41, 5.74) is 5.04. The molecule has 3 heteroatoms. The number of imidazole rings is 1. The second kappa shape index (κ2) is 2.99. The van der Waals surface area contributed by atoms with E-state index in [1.807, 2.05) is 0 Å². The van der Waals surface area contributed by atoms with E-state index in [2.05, 4.69) is 40.8 Å². The van der Waals surface area contributed by atoms with Gasteiger partial charge in [-0.05, 0) is 37.5 Å². The molecule has 2 heterocycles. The van der Waals surface area contributed by atoms with Gasteiger partial charge in [-0.2, -0.15) is 0 Å². The molecule has 1 aliphatic heterocycles. The lowest BCUT2D eigenvalue weighted by Crippen LogP contribution is -2.16. The van der Waals surface area contributed by atoms with E-state index in [1.54, 1.807) is 0 Å². The fraction of sp³-hybridized carbons (Fsp3) is 0.417. The van der Waals surface area contributed by atoms with E-state index < -0.39 is 0 Å². The number of nitrogens with zero attached hydrogens (tertiary/aromatic N) is 2. The lowest BCUT2D eigenvalue weighted by Gasteiger charge is -2.15. The fourth-order valence-electron chi connectivity index (χ4n) is 2.22. The van der Waals surface area contributed by atoms with E-state index in [9.17, 15) is 0 Å². The maximum Gasteiger partial charge on any atom is 0.203 e. The van der Waals surface area contributed by atoms with Crippen molar-refractivity contribution in [1.29, 1.82) is 0 Å². The lowest BCUT2D eigenvalue weighted by molar-refractivity contribution is 0.642. The van der Waals surface area contributed by atoms with E-state index in [0.717, 1.165) is 24.6 Å². The van der Waals surface area contributed by atoms with Gasteiger partial charge in [-0.15, -0.1) is 0 Å². The van der Waals surface area contributed by atoms with Crippen molar-refractivity contribution < 1.29 is 0 Å². The molecule has 78 valence electrons. The van der Waals surface area contributed by atoms with Gasteiger partial charge in [0.25, 0.3) is 0 Å². The molecular formula is C12H15N3. The summed E-state index contributed by atoms with van der Waals surface area (Å²) in [6.45, 7) is 6.42. The van der Waals surface area contributed by atoms with Gasteiger partial charge in [-0.1, -0.05) is 6.07 Å². The minimum absolute atomic E-state index is 1.03. The normalized spacial score (nSPS) is 15.1. The molecule has 0 fully saturated rings. The van der Waals surface area contributed by atoms with Crippen LogP contribution >= 0.6 is 0 Å². The Kier molecular flexibility index (Phi) is 1.75. The molecule has 1 aromatic heterocycles. The molecule has 0 aliphatic carbocycles. The zero-order valence-corrected chi connectivity index (χ0v) is 9.17. The Labute approximate surface area is 89.1 Å². The largest absolute Gasteiger partial charge is 0.356 e. The van der Waals surface area contributed by atoms with Crippen molar-refractivity contribution in [3.8, 4) is 0 Å². The van der Waals surface area contributed by atoms with E-state index in [1.165, 1.54) is 23.1 Å². The van der Waals surface area contributed by atoms with Crippen molar-refractivity contribution in [2.24, 2.45) is 0 Å². The van der Waals surface area contributed by atoms with Crippen molar-refractivity contribution in [2.45, 2.75) is 26.8 Å². The second-order valence-corrected chi connectivity index (χ2v) is 4.24. The van der Waals surface area contributed by atoms with Crippen LogP contribution in [0.5, 0.6) is 0 Å². The quantitative estimate of drug-likeness (QED) is 0.709. The Balaban J connectivity index is 2.36. The average molecular weight is 201 g/mol. The Morgan fingerprint density at radius 2 is 2.20 bits per heavy atom. The van der Waals surface area contributed by atoms with Crippen LogP contribution < -0.4 is 5.32 Å². The summed E-state index contributed by atoms with van der Waals surface area (Å²) in [4.78, 5) is 4.67. The molecule has 0 unspecified atom stereocenters. The highest BCUT2D eigenvalue weighted by atomic mass is 15.2. The van der Waals surface area contributed by atoms with Gasteiger partial charge in [0.2, 0.25) is 5.95 Å². The Morgan fingerprint density at radius 3 is 3.07 bits per heavy atom. The maximum absolute atomic E-state index is 4.67. The molecule has 0 amide bonds. The van der Waals surface area contributed by atoms with Crippen LogP contribution in [0.1, 0.15) is 17.5 Å². The van der Waals surface area contributed by atoms with Gasteiger partial charge in [0.15, 0.2) is 0 Å². The summed E-state index contributed by atoms with van der Waals surface area (Å²) in [5.74, 6) is 1.03. The van der Waals surface area contributed by atoms with E-state index >= 15 is 0 Å². The minimum atomic E-state index is 1.03. The summed E-state index contributed by atoms with van der Waals surface area (Å²) in [7, 11) is 0. The zero-order valence-electron chi connectivity index (χ0n) is 9.17. The number of rotatable bonds is 0. The summed E-state index contributed by atoms with van der Waals surface area (Å²) in [5, 5.41) is 3.35. The average Bonchev–Trinajstić information content (AvgIpc) is 2.63. The number of fused-ring (bicyclic) bond motifs is 3. The number of nitrogens with one attached hydrogen (secondary N) is 1. The predicted molar refractivity (Wildman–Crippen MR) is 62.3 cm³/mol. The van der Waals surface area contributed by atoms with Crippen molar-refractivity contribution in [3.63, 3.8) is 0 Å². The van der Waals surface area contributed by atoms with Gasteiger partial charge in [0.05, 0.1) is 11.0 Å². The summed E-state index contributed by atoms with van der Waals surface area (Å²) < 4.78 is 2.28. The smallest absolute Gasteiger partial charge is 0.203 e. The van der Waals surface area contributed by atoms with Crippen molar-refractivity contribution in [1.82, 2.24) is 9.55 Å². The highest BCUT2D eigenvalue weighted by Gasteiger charge is 2.15. The van der Waals surface area contributed by atoms with E-state index in [4.69, 9.17) is 0 Å². The molecule has 1 aromatic carbocycles. The molecular weight excluding hydrogens is 186 g/mol. The third-order valence-corrected chi connectivity index (χ3v) is 3.29. The van der Waals surface area contributed by atoms with Crippen LogP contribution in [0.15, 0.2) is 12.1 Å². The highest BCUT2D eigenvalue weighted by molar-refractivity contribution is 5.83. The molecule has 0 atom stereocenters. The molecule has 3 nitrogen and oxygen atoms in total. The van der Waals surface area contributed by atoms with Crippen LogP contribution in [0.25, 0.3) is 11.0 Å². The number of hydrogen-bond donors (Lipinski definition) is 1. The SMILES string of the molecule is Cc1ccc2c(nc3n2CCCN3)c1C. The van der Waals surface area contributed by atoms with E-state index in [-0.39, 0.29) is 0 Å². The molecule has 0 saturated carbocycles. The maximum atomic E-state index is 4.67. The summed E-state index contributed by atoms with van der Waals surface area (Å²) in [6.07, 6.45) is 1.19. The highest BCUT2D eigenvalue weighted by Crippen LogP contribution is 2.26. The molecule has 0 radical (unpaired) electrons. The van der Waals surface area contributed by atoms with Crippen LogP contribution in [0.3, 0.4) is 0 Å². The van der Waals surface area contributed by atoms with Crippen LogP contribution in [0.2, 0.25) is 0 Å². The van der Waals surface area contributed by atoms with Crippen molar-refractivity contribution in [3.05, 3.63) is 23.3 Å². The Morgan fingerprint density at radius 1 is 1.33 bits per heavy atom. The van der Waals surface area contributed by atoms with Gasteiger partial charge < -0.3 is 9.88 Å².